The molecule has 4 nitrogen and oxygen atoms in total. The van der Waals surface area contributed by atoms with Crippen molar-refractivity contribution >= 4 is 0 Å². The van der Waals surface area contributed by atoms with E-state index in [9.17, 15) is 5.11 Å². The number of hydrogen-bond donors (Lipinski definition) is 1. The van der Waals surface area contributed by atoms with Crippen molar-refractivity contribution in [2.24, 2.45) is 0 Å². The predicted molar refractivity (Wildman–Crippen MR) is 77.7 cm³/mol. The van der Waals surface area contributed by atoms with Crippen LogP contribution in [0.2, 0.25) is 0 Å². The van der Waals surface area contributed by atoms with Gasteiger partial charge in [0.25, 0.3) is 0 Å². The zero-order valence-electron chi connectivity index (χ0n) is 12.2. The molecule has 4 rings (SSSR count). The van der Waals surface area contributed by atoms with Gasteiger partial charge < -0.3 is 19.3 Å². The largest absolute Gasteiger partial charge is 0.490 e. The molecule has 1 saturated heterocycles. The molecule has 2 unspecified atom stereocenters. The maximum absolute atomic E-state index is 9.75. The first kappa shape index (κ1) is 13.4. The van der Waals surface area contributed by atoms with Crippen LogP contribution in [0.3, 0.4) is 0 Å². The zero-order valence-corrected chi connectivity index (χ0v) is 12.2. The standard InChI is InChI=1S/C17H22O4/c18-15-11-19-16-9-12(3-4-14(15)16)21-13-5-8-20-17(10-13)6-1-2-7-17/h3-4,9,13,15,18H,1-2,5-8,10-11H2. The van der Waals surface area contributed by atoms with Crippen LogP contribution in [0.25, 0.3) is 0 Å². The highest BCUT2D eigenvalue weighted by Crippen LogP contribution is 2.41. The molecule has 0 bridgehead atoms. The third-order valence-corrected chi connectivity index (χ3v) is 5.01. The van der Waals surface area contributed by atoms with Crippen molar-refractivity contribution in [3.05, 3.63) is 23.8 Å². The highest BCUT2D eigenvalue weighted by molar-refractivity contribution is 5.44. The van der Waals surface area contributed by atoms with Crippen LogP contribution in [0.15, 0.2) is 18.2 Å². The smallest absolute Gasteiger partial charge is 0.129 e. The third-order valence-electron chi connectivity index (χ3n) is 5.01. The molecule has 114 valence electrons. The Kier molecular flexibility index (Phi) is 3.31. The Morgan fingerprint density at radius 1 is 1.24 bits per heavy atom. The Morgan fingerprint density at radius 3 is 2.95 bits per heavy atom. The molecule has 2 atom stereocenters. The second kappa shape index (κ2) is 5.18. The molecule has 3 aliphatic rings. The number of aliphatic hydroxyl groups excluding tert-OH is 1. The second-order valence-electron chi connectivity index (χ2n) is 6.50. The van der Waals surface area contributed by atoms with Crippen molar-refractivity contribution in [2.45, 2.75) is 56.3 Å². The lowest BCUT2D eigenvalue weighted by Crippen LogP contribution is -2.41. The fraction of sp³-hybridized carbons (Fsp3) is 0.647. The Labute approximate surface area is 125 Å². The van der Waals surface area contributed by atoms with Crippen molar-refractivity contribution in [3.63, 3.8) is 0 Å². The quantitative estimate of drug-likeness (QED) is 0.909. The molecule has 1 aromatic carbocycles. The minimum atomic E-state index is -0.501. The fourth-order valence-electron chi connectivity index (χ4n) is 3.89. The van der Waals surface area contributed by atoms with Crippen LogP contribution < -0.4 is 9.47 Å². The lowest BCUT2D eigenvalue weighted by Gasteiger charge is -2.38. The topological polar surface area (TPSA) is 47.9 Å². The summed E-state index contributed by atoms with van der Waals surface area (Å²) >= 11 is 0. The first-order valence-corrected chi connectivity index (χ1v) is 8.00. The lowest BCUT2D eigenvalue weighted by atomic mass is 9.90. The molecule has 2 heterocycles. The highest BCUT2D eigenvalue weighted by atomic mass is 16.5. The van der Waals surface area contributed by atoms with E-state index in [4.69, 9.17) is 14.2 Å². The normalized spacial score (nSPS) is 30.1. The molecule has 1 aliphatic carbocycles. The zero-order chi connectivity index (χ0) is 14.3. The Bertz CT molecular complexity index is 522. The first-order valence-electron chi connectivity index (χ1n) is 8.00. The molecule has 21 heavy (non-hydrogen) atoms. The van der Waals surface area contributed by atoms with E-state index < -0.39 is 6.10 Å². The molecular formula is C17H22O4. The van der Waals surface area contributed by atoms with Crippen molar-refractivity contribution in [2.75, 3.05) is 13.2 Å². The van der Waals surface area contributed by atoms with E-state index in [-0.39, 0.29) is 11.7 Å². The second-order valence-corrected chi connectivity index (χ2v) is 6.50. The van der Waals surface area contributed by atoms with E-state index in [0.29, 0.717) is 6.61 Å². The van der Waals surface area contributed by atoms with Crippen LogP contribution in [-0.2, 0) is 4.74 Å². The molecule has 4 heteroatoms. The fourth-order valence-corrected chi connectivity index (χ4v) is 3.89. The van der Waals surface area contributed by atoms with Crippen LogP contribution in [0.4, 0.5) is 0 Å². The van der Waals surface area contributed by atoms with Crippen LogP contribution >= 0.6 is 0 Å². The molecule has 0 aromatic heterocycles. The molecule has 0 radical (unpaired) electrons. The van der Waals surface area contributed by atoms with Crippen LogP contribution in [0.5, 0.6) is 11.5 Å². The summed E-state index contributed by atoms with van der Waals surface area (Å²) in [6.45, 7) is 1.14. The van der Waals surface area contributed by atoms with Crippen molar-refractivity contribution in [1.82, 2.24) is 0 Å². The van der Waals surface area contributed by atoms with E-state index in [2.05, 4.69) is 0 Å². The van der Waals surface area contributed by atoms with Gasteiger partial charge in [0, 0.05) is 24.5 Å². The summed E-state index contributed by atoms with van der Waals surface area (Å²) in [6, 6.07) is 5.75. The average molecular weight is 290 g/mol. The summed E-state index contributed by atoms with van der Waals surface area (Å²) in [4.78, 5) is 0. The van der Waals surface area contributed by atoms with Crippen LogP contribution in [0, 0.1) is 0 Å². The lowest BCUT2D eigenvalue weighted by molar-refractivity contribution is -0.108. The van der Waals surface area contributed by atoms with Crippen LogP contribution in [-0.4, -0.2) is 30.0 Å². The van der Waals surface area contributed by atoms with E-state index in [1.165, 1.54) is 25.7 Å². The number of hydrogen-bond acceptors (Lipinski definition) is 4. The monoisotopic (exact) mass is 290 g/mol. The van der Waals surface area contributed by atoms with Crippen molar-refractivity contribution < 1.29 is 19.3 Å². The Morgan fingerprint density at radius 2 is 2.10 bits per heavy atom. The van der Waals surface area contributed by atoms with Crippen molar-refractivity contribution in [3.8, 4) is 11.5 Å². The van der Waals surface area contributed by atoms with Gasteiger partial charge in [-0.2, -0.15) is 0 Å². The molecule has 1 aromatic rings. The van der Waals surface area contributed by atoms with Gasteiger partial charge in [0.1, 0.15) is 30.3 Å². The Hall–Kier alpha value is -1.26. The average Bonchev–Trinajstić information content (AvgIpc) is 3.07. The van der Waals surface area contributed by atoms with Gasteiger partial charge in [-0.3, -0.25) is 0 Å². The first-order chi connectivity index (χ1) is 10.2. The van der Waals surface area contributed by atoms with Crippen molar-refractivity contribution in [1.29, 1.82) is 0 Å². The van der Waals surface area contributed by atoms with Gasteiger partial charge in [-0.25, -0.2) is 0 Å². The summed E-state index contributed by atoms with van der Waals surface area (Å²) in [5.74, 6) is 1.59. The third kappa shape index (κ3) is 2.51. The van der Waals surface area contributed by atoms with Gasteiger partial charge in [-0.05, 0) is 25.0 Å². The van der Waals surface area contributed by atoms with E-state index in [1.54, 1.807) is 0 Å². The van der Waals surface area contributed by atoms with Gasteiger partial charge in [0.2, 0.25) is 0 Å². The summed E-state index contributed by atoms with van der Waals surface area (Å²) in [5, 5.41) is 9.75. The van der Waals surface area contributed by atoms with Gasteiger partial charge in [-0.1, -0.05) is 12.8 Å². The minimum Gasteiger partial charge on any atom is -0.490 e. The highest BCUT2D eigenvalue weighted by Gasteiger charge is 2.40. The number of fused-ring (bicyclic) bond motifs is 1. The predicted octanol–water partition coefficient (Wildman–Crippen LogP) is 2.98. The number of ether oxygens (including phenoxy) is 3. The summed E-state index contributed by atoms with van der Waals surface area (Å²) in [7, 11) is 0. The molecular weight excluding hydrogens is 268 g/mol. The number of aliphatic hydroxyl groups is 1. The minimum absolute atomic E-state index is 0.0757. The molecule has 2 fully saturated rings. The Balaban J connectivity index is 1.46. The molecule has 0 amide bonds. The number of benzene rings is 1. The van der Waals surface area contributed by atoms with Gasteiger partial charge in [0.15, 0.2) is 0 Å². The summed E-state index contributed by atoms with van der Waals surface area (Å²) in [5.41, 5.74) is 0.938. The van der Waals surface area contributed by atoms with Gasteiger partial charge >= 0.3 is 0 Å². The number of rotatable bonds is 2. The van der Waals surface area contributed by atoms with E-state index in [1.807, 2.05) is 18.2 Å². The molecule has 2 aliphatic heterocycles. The van der Waals surface area contributed by atoms with E-state index >= 15 is 0 Å². The molecule has 1 N–H and O–H groups in total. The van der Waals surface area contributed by atoms with Crippen LogP contribution in [0.1, 0.15) is 50.2 Å². The molecule has 1 spiro atoms. The van der Waals surface area contributed by atoms with Gasteiger partial charge in [0.05, 0.1) is 12.2 Å². The molecule has 1 saturated carbocycles. The SMILES string of the molecule is OC1COc2cc(OC3CCOC4(CCCC4)C3)ccc21. The van der Waals surface area contributed by atoms with Gasteiger partial charge in [-0.15, -0.1) is 0 Å². The van der Waals surface area contributed by atoms with E-state index in [0.717, 1.165) is 36.5 Å². The maximum Gasteiger partial charge on any atom is 0.129 e. The maximum atomic E-state index is 9.75. The summed E-state index contributed by atoms with van der Waals surface area (Å²) in [6.07, 6.45) is 6.56. The summed E-state index contributed by atoms with van der Waals surface area (Å²) < 4.78 is 17.7.